The summed E-state index contributed by atoms with van der Waals surface area (Å²) in [4.78, 5) is 39.8. The molecular formula is C25H24F4N6O3. The molecule has 0 spiro atoms. The van der Waals surface area contributed by atoms with Crippen molar-refractivity contribution in [2.75, 3.05) is 0 Å². The predicted octanol–water partition coefficient (Wildman–Crippen LogP) is 3.63. The van der Waals surface area contributed by atoms with Gasteiger partial charge in [0.2, 0.25) is 0 Å². The van der Waals surface area contributed by atoms with E-state index in [2.05, 4.69) is 32.6 Å². The molecule has 0 unspecified atom stereocenters. The van der Waals surface area contributed by atoms with Gasteiger partial charge < -0.3 is 15.2 Å². The second-order valence-electron chi connectivity index (χ2n) is 9.96. The molecule has 0 aromatic carbocycles. The molecule has 3 heterocycles. The number of H-pyrrole nitrogens is 1. The second-order valence-corrected chi connectivity index (χ2v) is 9.96. The number of rotatable bonds is 8. The number of carbonyl (C=O) groups is 3. The van der Waals surface area contributed by atoms with Crippen LogP contribution in [0.15, 0.2) is 42.3 Å². The lowest BCUT2D eigenvalue weighted by atomic mass is 9.71. The highest BCUT2D eigenvalue weighted by Gasteiger charge is 2.60. The molecule has 13 heteroatoms. The summed E-state index contributed by atoms with van der Waals surface area (Å²) in [6, 6.07) is -0.0344. The van der Waals surface area contributed by atoms with E-state index < -0.39 is 53.6 Å². The molecule has 2 atom stereocenters. The molecule has 2 aliphatic carbocycles. The molecule has 0 saturated heterocycles. The van der Waals surface area contributed by atoms with Gasteiger partial charge in [-0.3, -0.25) is 14.4 Å². The number of nitrogens with zero attached hydrogens (tertiary/aromatic N) is 3. The van der Waals surface area contributed by atoms with Crippen molar-refractivity contribution >= 4 is 17.6 Å². The first kappa shape index (κ1) is 25.6. The first-order valence-electron chi connectivity index (χ1n) is 11.9. The third-order valence-corrected chi connectivity index (χ3v) is 7.36. The molecule has 1 aliphatic heterocycles. The van der Waals surface area contributed by atoms with Gasteiger partial charge in [0.1, 0.15) is 11.4 Å². The number of fused-ring (bicyclic) bond motifs is 3. The minimum atomic E-state index is -3.04. The van der Waals surface area contributed by atoms with Crippen molar-refractivity contribution in [3.8, 4) is 0 Å². The lowest BCUT2D eigenvalue weighted by molar-refractivity contribution is -0.148. The smallest absolute Gasteiger partial charge is 0.293 e. The van der Waals surface area contributed by atoms with E-state index in [4.69, 9.17) is 0 Å². The highest BCUT2D eigenvalue weighted by atomic mass is 19.3. The van der Waals surface area contributed by atoms with Crippen LogP contribution in [-0.2, 0) is 16.8 Å². The molecule has 2 fully saturated rings. The highest BCUT2D eigenvalue weighted by Crippen LogP contribution is 2.55. The van der Waals surface area contributed by atoms with Gasteiger partial charge in [-0.15, -0.1) is 0 Å². The van der Waals surface area contributed by atoms with Gasteiger partial charge in [0.05, 0.1) is 17.3 Å². The van der Waals surface area contributed by atoms with Crippen molar-refractivity contribution in [2.24, 2.45) is 5.92 Å². The van der Waals surface area contributed by atoms with Gasteiger partial charge in [-0.05, 0) is 38.2 Å². The highest BCUT2D eigenvalue weighted by molar-refractivity contribution is 6.43. The first-order chi connectivity index (χ1) is 17.9. The van der Waals surface area contributed by atoms with Crippen LogP contribution >= 0.6 is 0 Å². The number of hydrogen-bond acceptors (Lipinski definition) is 5. The molecule has 2 aromatic heterocycles. The number of aromatic nitrogens is 4. The van der Waals surface area contributed by atoms with E-state index in [9.17, 15) is 31.9 Å². The first-order valence-corrected chi connectivity index (χ1v) is 11.9. The molecule has 2 saturated carbocycles. The summed E-state index contributed by atoms with van der Waals surface area (Å²) in [6.45, 7) is 5.90. The van der Waals surface area contributed by atoms with Crippen LogP contribution in [0.3, 0.4) is 0 Å². The monoisotopic (exact) mass is 532 g/mol. The topological polar surface area (TPSA) is 122 Å². The van der Waals surface area contributed by atoms with E-state index in [1.807, 2.05) is 0 Å². The zero-order valence-electron chi connectivity index (χ0n) is 20.5. The van der Waals surface area contributed by atoms with Crippen molar-refractivity contribution in [1.29, 1.82) is 0 Å². The minimum absolute atomic E-state index is 0.0297. The molecule has 2 amide bonds. The van der Waals surface area contributed by atoms with E-state index in [0.717, 1.165) is 12.5 Å². The van der Waals surface area contributed by atoms with Crippen LogP contribution in [0.25, 0.3) is 0 Å². The van der Waals surface area contributed by atoms with E-state index in [-0.39, 0.29) is 40.2 Å². The van der Waals surface area contributed by atoms with Gasteiger partial charge in [-0.2, -0.15) is 15.4 Å². The molecule has 9 nitrogen and oxygen atoms in total. The number of Topliss-reactive ketones (excluding diaryl/α,β-unsaturated/α-hetero) is 1. The van der Waals surface area contributed by atoms with E-state index in [1.54, 1.807) is 4.57 Å². The SMILES string of the molecule is C=C(F)/C(F)=C\C(=C/C)NC(=O)c1c(C)c(C(=O)C(=O)NC2(c3cn[nH]n3)CC(F)(F)C2)c2n1[C@@H]1C[C@@H]1C2. The summed E-state index contributed by atoms with van der Waals surface area (Å²) in [7, 11) is 0. The summed E-state index contributed by atoms with van der Waals surface area (Å²) in [5, 5.41) is 14.7. The molecule has 0 bridgehead atoms. The van der Waals surface area contributed by atoms with Crippen molar-refractivity contribution in [1.82, 2.24) is 30.6 Å². The van der Waals surface area contributed by atoms with Gasteiger partial charge in [0, 0.05) is 36.4 Å². The standard InChI is InChI=1S/C25H24F4N6O3/c1-4-14(7-15(27)12(3)26)31-22(37)20-11(2)19(17-6-13-5-16(13)35(17)20)21(36)23(38)32-24(9-25(28,29)10-24)18-8-30-34-33-18/h4,7-8,13,16H,3,5-6,9-10H2,1-2H3,(H,31,37)(H,32,38)(H,30,33,34)/b14-4+,15-7+/t13-,16-/m1/s1. The van der Waals surface area contributed by atoms with Crippen LogP contribution in [0.2, 0.25) is 0 Å². The Labute approximate surface area is 214 Å². The lowest BCUT2D eigenvalue weighted by Crippen LogP contribution is -2.61. The van der Waals surface area contributed by atoms with Crippen LogP contribution in [0, 0.1) is 12.8 Å². The summed E-state index contributed by atoms with van der Waals surface area (Å²) in [6.07, 6.45) is 3.13. The molecule has 3 aliphatic rings. The molecule has 200 valence electrons. The number of ketones is 1. The normalized spacial score (nSPS) is 22.7. The fraction of sp³-hybridized carbons (Fsp3) is 0.400. The lowest BCUT2D eigenvalue weighted by Gasteiger charge is -2.46. The quantitative estimate of drug-likeness (QED) is 0.208. The van der Waals surface area contributed by atoms with Crippen LogP contribution in [0.1, 0.15) is 70.0 Å². The van der Waals surface area contributed by atoms with Crippen molar-refractivity contribution in [3.63, 3.8) is 0 Å². The Hall–Kier alpha value is -4.03. The Morgan fingerprint density at radius 1 is 1.26 bits per heavy atom. The Morgan fingerprint density at radius 2 is 1.97 bits per heavy atom. The largest absolute Gasteiger partial charge is 0.337 e. The van der Waals surface area contributed by atoms with Gasteiger partial charge in [-0.25, -0.2) is 17.6 Å². The second kappa shape index (κ2) is 8.77. The third kappa shape index (κ3) is 4.15. The van der Waals surface area contributed by atoms with Gasteiger partial charge >= 0.3 is 0 Å². The van der Waals surface area contributed by atoms with Crippen LogP contribution in [-0.4, -0.2) is 43.5 Å². The van der Waals surface area contributed by atoms with Crippen LogP contribution in [0.5, 0.6) is 0 Å². The number of allylic oxidation sites excluding steroid dienone is 4. The molecule has 3 N–H and O–H groups in total. The summed E-state index contributed by atoms with van der Waals surface area (Å²) in [5.74, 6) is -8.13. The molecular weight excluding hydrogens is 508 g/mol. The average molecular weight is 532 g/mol. The number of nitrogens with one attached hydrogen (secondary N) is 3. The number of alkyl halides is 2. The molecule has 0 radical (unpaired) electrons. The number of aromatic amines is 1. The zero-order valence-corrected chi connectivity index (χ0v) is 20.5. The number of amides is 2. The van der Waals surface area contributed by atoms with Gasteiger partial charge in [0.25, 0.3) is 23.5 Å². The fourth-order valence-electron chi connectivity index (χ4n) is 5.52. The van der Waals surface area contributed by atoms with E-state index in [1.165, 1.54) is 26.1 Å². The average Bonchev–Trinajstić information content (AvgIpc) is 3.15. The van der Waals surface area contributed by atoms with Crippen molar-refractivity contribution < 1.29 is 31.9 Å². The maximum absolute atomic E-state index is 13.8. The molecule has 5 rings (SSSR count). The Bertz CT molecular complexity index is 1430. The molecule has 38 heavy (non-hydrogen) atoms. The predicted molar refractivity (Wildman–Crippen MR) is 125 cm³/mol. The Kier molecular flexibility index (Phi) is 5.91. The zero-order chi connectivity index (χ0) is 27.6. The third-order valence-electron chi connectivity index (χ3n) is 7.36. The number of carbonyl (C=O) groups excluding carboxylic acids is 3. The van der Waals surface area contributed by atoms with Crippen molar-refractivity contribution in [2.45, 2.75) is 57.0 Å². The Morgan fingerprint density at radius 3 is 2.55 bits per heavy atom. The van der Waals surface area contributed by atoms with Crippen molar-refractivity contribution in [3.05, 3.63) is 70.5 Å². The van der Waals surface area contributed by atoms with Gasteiger partial charge in [0.15, 0.2) is 11.7 Å². The summed E-state index contributed by atoms with van der Waals surface area (Å²) < 4.78 is 56.2. The number of hydrogen-bond donors (Lipinski definition) is 3. The van der Waals surface area contributed by atoms with Gasteiger partial charge in [-0.1, -0.05) is 12.7 Å². The molecule has 2 aromatic rings. The van der Waals surface area contributed by atoms with Crippen LogP contribution < -0.4 is 10.6 Å². The minimum Gasteiger partial charge on any atom is -0.337 e. The summed E-state index contributed by atoms with van der Waals surface area (Å²) >= 11 is 0. The fourth-order valence-corrected chi connectivity index (χ4v) is 5.52. The maximum atomic E-state index is 13.8. The summed E-state index contributed by atoms with van der Waals surface area (Å²) in [5.41, 5.74) is -0.619. The Balaban J connectivity index is 1.45. The van der Waals surface area contributed by atoms with Crippen LogP contribution in [0.4, 0.5) is 17.6 Å². The van der Waals surface area contributed by atoms with E-state index >= 15 is 0 Å². The van der Waals surface area contributed by atoms with E-state index in [0.29, 0.717) is 12.1 Å². The number of halogens is 4. The maximum Gasteiger partial charge on any atom is 0.293 e.